The average molecular weight is 458 g/mol. The lowest BCUT2D eigenvalue weighted by atomic mass is 10.2. The summed E-state index contributed by atoms with van der Waals surface area (Å²) in [5.74, 6) is -1.17. The van der Waals surface area contributed by atoms with E-state index in [0.29, 0.717) is 45.9 Å². The molecule has 32 heavy (non-hydrogen) atoms. The summed E-state index contributed by atoms with van der Waals surface area (Å²) in [5.41, 5.74) is 0.311. The summed E-state index contributed by atoms with van der Waals surface area (Å²) < 4.78 is 41.2. The van der Waals surface area contributed by atoms with Crippen LogP contribution in [0.3, 0.4) is 0 Å². The number of amides is 1. The van der Waals surface area contributed by atoms with E-state index in [0.717, 1.165) is 12.1 Å². The van der Waals surface area contributed by atoms with Gasteiger partial charge < -0.3 is 14.0 Å². The Morgan fingerprint density at radius 1 is 1.16 bits per heavy atom. The van der Waals surface area contributed by atoms with Crippen LogP contribution < -0.4 is 14.4 Å². The molecule has 0 aliphatic rings. The Balaban J connectivity index is 1.73. The van der Waals surface area contributed by atoms with Gasteiger partial charge in [0.1, 0.15) is 33.4 Å². The number of carbonyl (C=O) groups excluding carboxylic acids is 1. The zero-order valence-electron chi connectivity index (χ0n) is 17.4. The van der Waals surface area contributed by atoms with E-state index in [-0.39, 0.29) is 12.1 Å². The monoisotopic (exact) mass is 458 g/mol. The van der Waals surface area contributed by atoms with E-state index in [4.69, 9.17) is 9.47 Å². The van der Waals surface area contributed by atoms with Crippen LogP contribution in [0.15, 0.2) is 49.1 Å². The number of hydrogen-bond donors (Lipinski definition) is 0. The van der Waals surface area contributed by atoms with Crippen LogP contribution >= 0.6 is 11.3 Å². The Hall–Kier alpha value is -3.53. The van der Waals surface area contributed by atoms with Gasteiger partial charge in [-0.1, -0.05) is 11.3 Å². The van der Waals surface area contributed by atoms with E-state index in [1.54, 1.807) is 31.8 Å². The van der Waals surface area contributed by atoms with Crippen molar-refractivity contribution in [3.8, 4) is 11.5 Å². The van der Waals surface area contributed by atoms with Gasteiger partial charge in [-0.3, -0.25) is 9.69 Å². The molecule has 0 spiro atoms. The normalized spacial score (nSPS) is 11.0. The third kappa shape index (κ3) is 4.26. The molecule has 0 bridgehead atoms. The van der Waals surface area contributed by atoms with Gasteiger partial charge in [-0.25, -0.2) is 18.7 Å². The highest BCUT2D eigenvalue weighted by Gasteiger charge is 2.25. The minimum atomic E-state index is -0.925. The molecule has 0 N–H and O–H groups in total. The van der Waals surface area contributed by atoms with Gasteiger partial charge in [-0.15, -0.1) is 0 Å². The summed E-state index contributed by atoms with van der Waals surface area (Å²) in [5, 5.41) is 0.363. The fraction of sp³-hybridized carbons (Fsp3) is 0.227. The first kappa shape index (κ1) is 21.7. The molecule has 0 saturated heterocycles. The quantitative estimate of drug-likeness (QED) is 0.388. The Bertz CT molecular complexity index is 1200. The van der Waals surface area contributed by atoms with Crippen LogP contribution in [-0.2, 0) is 6.54 Å². The van der Waals surface area contributed by atoms with Crippen molar-refractivity contribution < 1.29 is 23.0 Å². The van der Waals surface area contributed by atoms with E-state index in [1.807, 2.05) is 10.8 Å². The maximum atomic E-state index is 14.4. The molecule has 0 saturated carbocycles. The van der Waals surface area contributed by atoms with E-state index in [9.17, 15) is 13.6 Å². The number of benzene rings is 2. The maximum absolute atomic E-state index is 14.4. The Morgan fingerprint density at radius 2 is 1.94 bits per heavy atom. The highest BCUT2D eigenvalue weighted by molar-refractivity contribution is 7.22. The Kier molecular flexibility index (Phi) is 6.31. The lowest BCUT2D eigenvalue weighted by Crippen LogP contribution is -2.33. The fourth-order valence-electron chi connectivity index (χ4n) is 3.31. The molecule has 0 radical (unpaired) electrons. The largest absolute Gasteiger partial charge is 0.495 e. The van der Waals surface area contributed by atoms with Crippen molar-refractivity contribution in [3.05, 3.63) is 66.3 Å². The summed E-state index contributed by atoms with van der Waals surface area (Å²) in [6.07, 6.45) is 5.73. The van der Waals surface area contributed by atoms with Crippen LogP contribution in [0.25, 0.3) is 10.2 Å². The first-order valence-electron chi connectivity index (χ1n) is 9.76. The highest BCUT2D eigenvalue weighted by Crippen LogP contribution is 2.40. The van der Waals surface area contributed by atoms with Gasteiger partial charge in [0.15, 0.2) is 5.13 Å². The SMILES string of the molecule is COc1ccc(OC)c2sc(N(CCCn3ccnc3)C(=O)c3ccc(F)cc3F)nc12. The number of thiazole rings is 1. The number of anilines is 1. The first-order chi connectivity index (χ1) is 15.5. The molecule has 0 aliphatic heterocycles. The standard InChI is InChI=1S/C22H20F2N4O3S/c1-30-17-6-7-18(31-2)20-19(17)26-22(32-20)28(10-3-9-27-11-8-25-13-27)21(29)15-5-4-14(23)12-16(15)24/h4-8,11-13H,3,9-10H2,1-2H3. The van der Waals surface area contributed by atoms with Crippen molar-refractivity contribution in [1.29, 1.82) is 0 Å². The first-order valence-corrected chi connectivity index (χ1v) is 10.6. The Morgan fingerprint density at radius 3 is 2.62 bits per heavy atom. The minimum absolute atomic E-state index is 0.229. The molecule has 2 aromatic heterocycles. The lowest BCUT2D eigenvalue weighted by Gasteiger charge is -2.20. The van der Waals surface area contributed by atoms with Crippen molar-refractivity contribution >= 4 is 32.6 Å². The van der Waals surface area contributed by atoms with Gasteiger partial charge in [0.25, 0.3) is 5.91 Å². The number of fused-ring (bicyclic) bond motifs is 1. The van der Waals surface area contributed by atoms with Crippen LogP contribution in [0, 0.1) is 11.6 Å². The van der Waals surface area contributed by atoms with Gasteiger partial charge in [0.05, 0.1) is 26.1 Å². The summed E-state index contributed by atoms with van der Waals surface area (Å²) in [6, 6.07) is 6.39. The van der Waals surface area contributed by atoms with Crippen molar-refractivity contribution in [2.75, 3.05) is 25.7 Å². The van der Waals surface area contributed by atoms with Crippen molar-refractivity contribution in [2.45, 2.75) is 13.0 Å². The number of imidazole rings is 1. The average Bonchev–Trinajstić information content (AvgIpc) is 3.45. The molecule has 0 fully saturated rings. The maximum Gasteiger partial charge on any atom is 0.263 e. The van der Waals surface area contributed by atoms with E-state index in [2.05, 4.69) is 9.97 Å². The molecule has 166 valence electrons. The molecule has 4 aromatic rings. The van der Waals surface area contributed by atoms with Gasteiger partial charge in [-0.2, -0.15) is 0 Å². The molecule has 0 aliphatic carbocycles. The summed E-state index contributed by atoms with van der Waals surface area (Å²) >= 11 is 1.24. The van der Waals surface area contributed by atoms with E-state index < -0.39 is 17.5 Å². The number of nitrogens with zero attached hydrogens (tertiary/aromatic N) is 4. The second-order valence-corrected chi connectivity index (χ2v) is 7.86. The zero-order chi connectivity index (χ0) is 22.7. The summed E-state index contributed by atoms with van der Waals surface area (Å²) in [6.45, 7) is 0.867. The number of rotatable bonds is 8. The zero-order valence-corrected chi connectivity index (χ0v) is 18.2. The van der Waals surface area contributed by atoms with Crippen molar-refractivity contribution in [2.24, 2.45) is 0 Å². The lowest BCUT2D eigenvalue weighted by molar-refractivity contribution is 0.0982. The van der Waals surface area contributed by atoms with Gasteiger partial charge in [0.2, 0.25) is 0 Å². The minimum Gasteiger partial charge on any atom is -0.495 e. The van der Waals surface area contributed by atoms with Crippen LogP contribution in [0.1, 0.15) is 16.8 Å². The molecular weight excluding hydrogens is 438 g/mol. The number of halogens is 2. The number of hydrogen-bond acceptors (Lipinski definition) is 6. The van der Waals surface area contributed by atoms with Crippen LogP contribution in [0.5, 0.6) is 11.5 Å². The van der Waals surface area contributed by atoms with Crippen LogP contribution in [-0.4, -0.2) is 41.2 Å². The molecule has 1 amide bonds. The molecule has 10 heteroatoms. The van der Waals surface area contributed by atoms with Gasteiger partial charge >= 0.3 is 0 Å². The van der Waals surface area contributed by atoms with E-state index >= 15 is 0 Å². The number of carbonyl (C=O) groups is 1. The van der Waals surface area contributed by atoms with Crippen LogP contribution in [0.4, 0.5) is 13.9 Å². The number of ether oxygens (including phenoxy) is 2. The molecule has 0 unspecified atom stereocenters. The smallest absolute Gasteiger partial charge is 0.263 e. The van der Waals surface area contributed by atoms with Gasteiger partial charge in [0, 0.05) is 31.5 Å². The number of aryl methyl sites for hydroxylation is 1. The third-order valence-electron chi connectivity index (χ3n) is 4.89. The second kappa shape index (κ2) is 9.31. The number of methoxy groups -OCH3 is 2. The third-order valence-corrected chi connectivity index (χ3v) is 5.99. The predicted molar refractivity (Wildman–Crippen MR) is 118 cm³/mol. The number of aromatic nitrogens is 3. The molecular formula is C22H20F2N4O3S. The predicted octanol–water partition coefficient (Wildman–Crippen LogP) is 4.53. The summed E-state index contributed by atoms with van der Waals surface area (Å²) in [4.78, 5) is 23.3. The Labute approximate surface area is 186 Å². The second-order valence-electron chi connectivity index (χ2n) is 6.88. The van der Waals surface area contributed by atoms with Gasteiger partial charge in [-0.05, 0) is 30.7 Å². The van der Waals surface area contributed by atoms with Crippen LogP contribution in [0.2, 0.25) is 0 Å². The van der Waals surface area contributed by atoms with Crippen molar-refractivity contribution in [1.82, 2.24) is 14.5 Å². The molecule has 2 heterocycles. The molecule has 4 rings (SSSR count). The molecule has 2 aromatic carbocycles. The topological polar surface area (TPSA) is 69.5 Å². The van der Waals surface area contributed by atoms with Crippen molar-refractivity contribution in [3.63, 3.8) is 0 Å². The molecule has 0 atom stereocenters. The molecule has 7 nitrogen and oxygen atoms in total. The fourth-order valence-corrected chi connectivity index (χ4v) is 4.41. The van der Waals surface area contributed by atoms with E-state index in [1.165, 1.54) is 23.3 Å². The highest BCUT2D eigenvalue weighted by atomic mass is 32.1. The summed E-state index contributed by atoms with van der Waals surface area (Å²) in [7, 11) is 3.07.